The number of anilines is 3. The van der Waals surface area contributed by atoms with Gasteiger partial charge < -0.3 is 16.0 Å². The molecule has 0 aliphatic carbocycles. The van der Waals surface area contributed by atoms with E-state index in [0.717, 1.165) is 0 Å². The first-order valence-corrected chi connectivity index (χ1v) is 11.6. The number of nitrogens with one attached hydrogen (secondary N) is 1. The Morgan fingerprint density at radius 1 is 1.12 bits per heavy atom. The van der Waals surface area contributed by atoms with Crippen LogP contribution in [0.1, 0.15) is 18.9 Å². The molecule has 0 unspecified atom stereocenters. The van der Waals surface area contributed by atoms with E-state index in [9.17, 15) is 12.8 Å². The van der Waals surface area contributed by atoms with Gasteiger partial charge in [0.25, 0.3) is 0 Å². The highest BCUT2D eigenvalue weighted by molar-refractivity contribution is 7.92. The number of halogens is 1. The van der Waals surface area contributed by atoms with Crippen LogP contribution in [0.5, 0.6) is 0 Å². The van der Waals surface area contributed by atoms with E-state index in [1.165, 1.54) is 17.0 Å². The van der Waals surface area contributed by atoms with Crippen molar-refractivity contribution in [3.63, 3.8) is 0 Å². The van der Waals surface area contributed by atoms with E-state index in [1.807, 2.05) is 0 Å². The van der Waals surface area contributed by atoms with E-state index < -0.39 is 10.0 Å². The number of hydrogen-bond acceptors (Lipinski definition) is 9. The molecule has 11 nitrogen and oxygen atoms in total. The topological polar surface area (TPSA) is 168 Å². The Bertz CT molecular complexity index is 1360. The molecule has 0 radical (unpaired) electrons. The fourth-order valence-electron chi connectivity index (χ4n) is 3.18. The minimum absolute atomic E-state index is 0.0699. The SMILES string of the molecule is CCCS(=O)(=O)Nc1c(N)nc(-c2cc(-c3ccon3)n(Cc3ccccc3F)n2)nc1N. The number of aromatic nitrogens is 5. The summed E-state index contributed by atoms with van der Waals surface area (Å²) in [5.74, 6) is -0.711. The molecule has 0 fully saturated rings. The summed E-state index contributed by atoms with van der Waals surface area (Å²) >= 11 is 0. The van der Waals surface area contributed by atoms with Crippen molar-refractivity contribution in [1.29, 1.82) is 0 Å². The Morgan fingerprint density at radius 3 is 2.48 bits per heavy atom. The van der Waals surface area contributed by atoms with E-state index in [-0.39, 0.29) is 47.0 Å². The predicted octanol–water partition coefficient (Wildman–Crippen LogP) is 2.50. The average Bonchev–Trinajstić information content (AvgIpc) is 3.42. The summed E-state index contributed by atoms with van der Waals surface area (Å²) < 4.78 is 47.2. The number of sulfonamides is 1. The highest BCUT2D eigenvalue weighted by atomic mass is 32.2. The fraction of sp³-hybridized carbons (Fsp3) is 0.200. The summed E-state index contributed by atoms with van der Waals surface area (Å²) in [6, 6.07) is 9.59. The highest BCUT2D eigenvalue weighted by Gasteiger charge is 2.21. The van der Waals surface area contributed by atoms with Crippen LogP contribution in [0.2, 0.25) is 0 Å². The van der Waals surface area contributed by atoms with E-state index in [1.54, 1.807) is 37.3 Å². The zero-order valence-corrected chi connectivity index (χ0v) is 18.4. The Morgan fingerprint density at radius 2 is 1.85 bits per heavy atom. The van der Waals surface area contributed by atoms with Gasteiger partial charge in [-0.05, 0) is 18.6 Å². The predicted molar refractivity (Wildman–Crippen MR) is 121 cm³/mol. The minimum Gasteiger partial charge on any atom is -0.382 e. The molecule has 0 aliphatic rings. The minimum atomic E-state index is -3.64. The highest BCUT2D eigenvalue weighted by Crippen LogP contribution is 2.30. The lowest BCUT2D eigenvalue weighted by atomic mass is 10.2. The Labute approximate surface area is 188 Å². The first-order chi connectivity index (χ1) is 15.8. The van der Waals surface area contributed by atoms with Gasteiger partial charge >= 0.3 is 0 Å². The molecule has 0 spiro atoms. The monoisotopic (exact) mass is 472 g/mol. The number of benzene rings is 1. The van der Waals surface area contributed by atoms with Gasteiger partial charge in [-0.25, -0.2) is 22.8 Å². The summed E-state index contributed by atoms with van der Waals surface area (Å²) in [6.07, 6.45) is 1.82. The van der Waals surface area contributed by atoms with Gasteiger partial charge in [0.05, 0.1) is 18.0 Å². The number of nitrogens with zero attached hydrogens (tertiary/aromatic N) is 5. The van der Waals surface area contributed by atoms with Crippen LogP contribution in [0.4, 0.5) is 21.7 Å². The maximum Gasteiger partial charge on any atom is 0.232 e. The van der Waals surface area contributed by atoms with E-state index in [0.29, 0.717) is 23.4 Å². The smallest absolute Gasteiger partial charge is 0.232 e. The molecular weight excluding hydrogens is 451 g/mol. The van der Waals surface area contributed by atoms with Crippen LogP contribution >= 0.6 is 0 Å². The molecule has 3 aromatic heterocycles. The second-order valence-electron chi connectivity index (χ2n) is 7.16. The van der Waals surface area contributed by atoms with E-state index in [2.05, 4.69) is 24.9 Å². The molecule has 33 heavy (non-hydrogen) atoms. The van der Waals surface area contributed by atoms with Crippen molar-refractivity contribution in [2.45, 2.75) is 19.9 Å². The third kappa shape index (κ3) is 4.77. The number of nitrogens with two attached hydrogens (primary N) is 2. The summed E-state index contributed by atoms with van der Waals surface area (Å²) in [5.41, 5.74) is 13.6. The number of nitrogen functional groups attached to an aromatic ring is 2. The van der Waals surface area contributed by atoms with Crippen LogP contribution < -0.4 is 16.2 Å². The van der Waals surface area contributed by atoms with Gasteiger partial charge in [0.2, 0.25) is 10.0 Å². The molecule has 0 saturated heterocycles. The largest absolute Gasteiger partial charge is 0.382 e. The maximum atomic E-state index is 14.2. The van der Waals surface area contributed by atoms with Gasteiger partial charge in [-0.2, -0.15) is 5.10 Å². The van der Waals surface area contributed by atoms with Crippen molar-refractivity contribution in [3.8, 4) is 22.9 Å². The second-order valence-corrected chi connectivity index (χ2v) is 9.00. The van der Waals surface area contributed by atoms with Crippen LogP contribution in [0.25, 0.3) is 22.9 Å². The van der Waals surface area contributed by atoms with Crippen LogP contribution in [0.3, 0.4) is 0 Å². The molecule has 0 saturated carbocycles. The van der Waals surface area contributed by atoms with Gasteiger partial charge in [-0.1, -0.05) is 30.3 Å². The second kappa shape index (κ2) is 8.86. The van der Waals surface area contributed by atoms with Gasteiger partial charge in [-0.3, -0.25) is 9.40 Å². The first kappa shape index (κ1) is 22.2. The molecule has 5 N–H and O–H groups in total. The maximum absolute atomic E-state index is 14.2. The lowest BCUT2D eigenvalue weighted by Crippen LogP contribution is -2.19. The molecule has 4 aromatic rings. The van der Waals surface area contributed by atoms with Gasteiger partial charge in [0.1, 0.15) is 29.2 Å². The lowest BCUT2D eigenvalue weighted by Gasteiger charge is -2.11. The van der Waals surface area contributed by atoms with Gasteiger partial charge in [-0.15, -0.1) is 0 Å². The van der Waals surface area contributed by atoms with Crippen molar-refractivity contribution >= 4 is 27.3 Å². The van der Waals surface area contributed by atoms with Gasteiger partial charge in [0, 0.05) is 11.6 Å². The van der Waals surface area contributed by atoms with Crippen molar-refractivity contribution in [3.05, 3.63) is 54.0 Å². The zero-order valence-electron chi connectivity index (χ0n) is 17.6. The summed E-state index contributed by atoms with van der Waals surface area (Å²) in [7, 11) is -3.64. The summed E-state index contributed by atoms with van der Waals surface area (Å²) in [4.78, 5) is 8.35. The van der Waals surface area contributed by atoms with E-state index >= 15 is 0 Å². The van der Waals surface area contributed by atoms with E-state index in [4.69, 9.17) is 16.0 Å². The standard InChI is InChI=1S/C20H21FN8O3S/c1-2-9-33(30,31)28-17-18(22)24-20(25-19(17)23)15-10-16(14-7-8-32-27-14)29(26-15)11-12-5-3-4-6-13(12)21/h3-8,10,28H,2,9,11H2,1H3,(H4,22,23,24,25). The Hall–Kier alpha value is -4.00. The Kier molecular flexibility index (Phi) is 5.96. The Balaban J connectivity index is 1.74. The molecule has 0 bridgehead atoms. The van der Waals surface area contributed by atoms with Crippen LogP contribution in [0.15, 0.2) is 47.2 Å². The average molecular weight is 473 g/mol. The van der Waals surface area contributed by atoms with Crippen molar-refractivity contribution in [2.24, 2.45) is 0 Å². The molecule has 0 amide bonds. The molecule has 4 rings (SSSR count). The number of rotatable bonds is 8. The molecule has 13 heteroatoms. The quantitative estimate of drug-likeness (QED) is 0.349. The van der Waals surface area contributed by atoms with Crippen molar-refractivity contribution in [2.75, 3.05) is 21.9 Å². The fourth-order valence-corrected chi connectivity index (χ4v) is 4.34. The van der Waals surface area contributed by atoms with Crippen molar-refractivity contribution < 1.29 is 17.3 Å². The molecule has 0 aliphatic heterocycles. The first-order valence-electron chi connectivity index (χ1n) is 9.93. The molecule has 3 heterocycles. The molecular formula is C20H21FN8O3S. The van der Waals surface area contributed by atoms with Crippen LogP contribution in [-0.4, -0.2) is 39.1 Å². The van der Waals surface area contributed by atoms with Crippen LogP contribution in [-0.2, 0) is 16.6 Å². The molecule has 1 aromatic carbocycles. The third-order valence-corrected chi connectivity index (χ3v) is 6.14. The van der Waals surface area contributed by atoms with Crippen LogP contribution in [0, 0.1) is 5.82 Å². The molecule has 0 atom stereocenters. The lowest BCUT2D eigenvalue weighted by molar-refractivity contribution is 0.421. The third-order valence-electron chi connectivity index (χ3n) is 4.68. The summed E-state index contributed by atoms with van der Waals surface area (Å²) in [6.45, 7) is 1.84. The van der Waals surface area contributed by atoms with Crippen molar-refractivity contribution in [1.82, 2.24) is 24.9 Å². The number of hydrogen-bond donors (Lipinski definition) is 3. The van der Waals surface area contributed by atoms with Gasteiger partial charge in [0.15, 0.2) is 17.5 Å². The normalized spacial score (nSPS) is 11.6. The molecule has 172 valence electrons. The summed E-state index contributed by atoms with van der Waals surface area (Å²) in [5, 5.41) is 8.41. The zero-order chi connectivity index (χ0) is 23.6.